The van der Waals surface area contributed by atoms with Crippen LogP contribution >= 0.6 is 23.1 Å². The summed E-state index contributed by atoms with van der Waals surface area (Å²) in [5.41, 5.74) is 1.01. The van der Waals surface area contributed by atoms with E-state index in [-0.39, 0.29) is 5.75 Å². The first kappa shape index (κ1) is 13.8. The maximum absolute atomic E-state index is 10.4. The van der Waals surface area contributed by atoms with Gasteiger partial charge in [-0.1, -0.05) is 29.2 Å². The molecule has 2 rings (SSSR count). The molecule has 0 radical (unpaired) electrons. The molecule has 0 amide bonds. The summed E-state index contributed by atoms with van der Waals surface area (Å²) in [7, 11) is 0. The maximum atomic E-state index is 10.4. The molecule has 0 fully saturated rings. The number of nitrogens with zero attached hydrogens (tertiary/aromatic N) is 3. The minimum Gasteiger partial charge on any atom is -0.481 e. The van der Waals surface area contributed by atoms with E-state index in [2.05, 4.69) is 20.5 Å². The number of aromatic nitrogens is 3. The summed E-state index contributed by atoms with van der Waals surface area (Å²) < 4.78 is 0.655. The molecule has 0 aromatic carbocycles. The Balaban J connectivity index is 1.76. The van der Waals surface area contributed by atoms with Crippen LogP contribution in [-0.2, 0) is 11.2 Å². The third kappa shape index (κ3) is 4.84. The van der Waals surface area contributed by atoms with Gasteiger partial charge in [0.05, 0.1) is 5.75 Å². The van der Waals surface area contributed by atoms with Crippen molar-refractivity contribution >= 4 is 34.2 Å². The van der Waals surface area contributed by atoms with Crippen molar-refractivity contribution in [2.75, 3.05) is 17.6 Å². The first-order valence-electron chi connectivity index (χ1n) is 5.56. The fourth-order valence-corrected chi connectivity index (χ4v) is 2.80. The first-order chi connectivity index (χ1) is 9.24. The molecule has 100 valence electrons. The Morgan fingerprint density at radius 3 is 3.05 bits per heavy atom. The third-order valence-corrected chi connectivity index (χ3v) is 4.11. The Labute approximate surface area is 118 Å². The van der Waals surface area contributed by atoms with E-state index in [4.69, 9.17) is 5.11 Å². The van der Waals surface area contributed by atoms with Gasteiger partial charge in [-0.15, -0.1) is 10.2 Å². The summed E-state index contributed by atoms with van der Waals surface area (Å²) >= 11 is 2.53. The molecule has 8 heteroatoms. The predicted molar refractivity (Wildman–Crippen MR) is 74.7 cm³/mol. The lowest BCUT2D eigenvalue weighted by Gasteiger charge is -2.00. The van der Waals surface area contributed by atoms with Gasteiger partial charge in [0.15, 0.2) is 4.34 Å². The molecular weight excluding hydrogens is 284 g/mol. The number of carboxylic acid groups (broad SMARTS) is 1. The predicted octanol–water partition coefficient (Wildman–Crippen LogP) is 1.76. The van der Waals surface area contributed by atoms with Crippen LogP contribution in [0.2, 0.25) is 0 Å². The topological polar surface area (TPSA) is 88.0 Å². The number of carboxylic acids is 1. The van der Waals surface area contributed by atoms with Crippen LogP contribution in [0.4, 0.5) is 5.13 Å². The number of hydrogen-bond acceptors (Lipinski definition) is 7. The van der Waals surface area contributed by atoms with Crippen LogP contribution in [-0.4, -0.2) is 38.6 Å². The SMILES string of the molecule is O=C(O)CSc1nnc(NCCc2ccccn2)s1. The lowest BCUT2D eigenvalue weighted by Crippen LogP contribution is -2.05. The van der Waals surface area contributed by atoms with E-state index in [0.29, 0.717) is 9.47 Å². The van der Waals surface area contributed by atoms with E-state index in [0.717, 1.165) is 18.7 Å². The van der Waals surface area contributed by atoms with Crippen molar-refractivity contribution in [1.29, 1.82) is 0 Å². The van der Waals surface area contributed by atoms with Crippen LogP contribution in [0.1, 0.15) is 5.69 Å². The maximum Gasteiger partial charge on any atom is 0.313 e. The zero-order valence-corrected chi connectivity index (χ0v) is 11.6. The van der Waals surface area contributed by atoms with Gasteiger partial charge >= 0.3 is 5.97 Å². The minimum absolute atomic E-state index is 0.00255. The molecule has 19 heavy (non-hydrogen) atoms. The van der Waals surface area contributed by atoms with Crippen LogP contribution in [0.3, 0.4) is 0 Å². The highest BCUT2D eigenvalue weighted by molar-refractivity contribution is 8.01. The smallest absolute Gasteiger partial charge is 0.313 e. The number of pyridine rings is 1. The van der Waals surface area contributed by atoms with Gasteiger partial charge in [0.25, 0.3) is 0 Å². The van der Waals surface area contributed by atoms with Crippen LogP contribution in [0, 0.1) is 0 Å². The van der Waals surface area contributed by atoms with E-state index in [1.165, 1.54) is 23.1 Å². The molecule has 0 aliphatic heterocycles. The highest BCUT2D eigenvalue weighted by atomic mass is 32.2. The standard InChI is InChI=1S/C11H12N4O2S2/c16-9(17)7-18-11-15-14-10(19-11)13-6-4-8-3-1-2-5-12-8/h1-3,5H,4,6-7H2,(H,13,14)(H,16,17). The number of carbonyl (C=O) groups is 1. The molecule has 2 N–H and O–H groups in total. The van der Waals surface area contributed by atoms with Gasteiger partial charge < -0.3 is 10.4 Å². The quantitative estimate of drug-likeness (QED) is 0.753. The Hall–Kier alpha value is -1.67. The molecule has 0 aliphatic rings. The van der Waals surface area contributed by atoms with E-state index in [9.17, 15) is 4.79 Å². The van der Waals surface area contributed by atoms with Gasteiger partial charge in [-0.05, 0) is 12.1 Å². The van der Waals surface area contributed by atoms with E-state index < -0.39 is 5.97 Å². The van der Waals surface area contributed by atoms with Crippen LogP contribution in [0.25, 0.3) is 0 Å². The van der Waals surface area contributed by atoms with Crippen molar-refractivity contribution in [3.8, 4) is 0 Å². The summed E-state index contributed by atoms with van der Waals surface area (Å²) in [6.07, 6.45) is 2.57. The summed E-state index contributed by atoms with van der Waals surface area (Å²) in [6.45, 7) is 0.718. The second-order valence-corrected chi connectivity index (χ2v) is 5.75. The molecule has 6 nitrogen and oxygen atoms in total. The summed E-state index contributed by atoms with van der Waals surface area (Å²) in [5.74, 6) is -0.854. The van der Waals surface area contributed by atoms with E-state index in [1.54, 1.807) is 6.20 Å². The lowest BCUT2D eigenvalue weighted by atomic mass is 10.3. The Bertz CT molecular complexity index is 533. The van der Waals surface area contributed by atoms with Gasteiger partial charge in [-0.25, -0.2) is 0 Å². The molecular formula is C11H12N4O2S2. The average Bonchev–Trinajstić information content (AvgIpc) is 2.86. The molecule has 0 spiro atoms. The molecule has 0 atom stereocenters. The van der Waals surface area contributed by atoms with Crippen LogP contribution in [0.5, 0.6) is 0 Å². The summed E-state index contributed by atoms with van der Waals surface area (Å²) in [4.78, 5) is 14.6. The zero-order valence-electron chi connectivity index (χ0n) is 9.94. The monoisotopic (exact) mass is 296 g/mol. The molecule has 0 saturated heterocycles. The second kappa shape index (κ2) is 7.05. The molecule has 2 aromatic heterocycles. The van der Waals surface area contributed by atoms with Crippen molar-refractivity contribution < 1.29 is 9.90 Å². The van der Waals surface area contributed by atoms with Crippen LogP contribution in [0.15, 0.2) is 28.7 Å². The van der Waals surface area contributed by atoms with Crippen molar-refractivity contribution in [2.45, 2.75) is 10.8 Å². The summed E-state index contributed by atoms with van der Waals surface area (Å²) in [6, 6.07) is 5.80. The first-order valence-corrected chi connectivity index (χ1v) is 7.36. The normalized spacial score (nSPS) is 10.3. The molecule has 0 unspecified atom stereocenters. The fourth-order valence-electron chi connectivity index (χ4n) is 1.31. The highest BCUT2D eigenvalue weighted by Gasteiger charge is 2.06. The second-order valence-electron chi connectivity index (χ2n) is 3.55. The Morgan fingerprint density at radius 1 is 1.42 bits per heavy atom. The van der Waals surface area contributed by atoms with Gasteiger partial charge in [0, 0.05) is 24.9 Å². The highest BCUT2D eigenvalue weighted by Crippen LogP contribution is 2.25. The van der Waals surface area contributed by atoms with Crippen molar-refractivity contribution in [2.24, 2.45) is 0 Å². The molecule has 0 aliphatic carbocycles. The number of anilines is 1. The fraction of sp³-hybridized carbons (Fsp3) is 0.273. The Morgan fingerprint density at radius 2 is 2.32 bits per heavy atom. The third-order valence-electron chi connectivity index (χ3n) is 2.11. The number of thioether (sulfide) groups is 1. The number of rotatable bonds is 7. The van der Waals surface area contributed by atoms with Crippen LogP contribution < -0.4 is 5.32 Å². The largest absolute Gasteiger partial charge is 0.481 e. The van der Waals surface area contributed by atoms with Gasteiger partial charge in [0.2, 0.25) is 5.13 Å². The van der Waals surface area contributed by atoms with Gasteiger partial charge in [0.1, 0.15) is 0 Å². The minimum atomic E-state index is -0.857. The van der Waals surface area contributed by atoms with Crippen molar-refractivity contribution in [3.63, 3.8) is 0 Å². The van der Waals surface area contributed by atoms with Crippen molar-refractivity contribution in [1.82, 2.24) is 15.2 Å². The lowest BCUT2D eigenvalue weighted by molar-refractivity contribution is -0.133. The molecule has 0 saturated carbocycles. The van der Waals surface area contributed by atoms with Gasteiger partial charge in [-0.2, -0.15) is 0 Å². The summed E-state index contributed by atoms with van der Waals surface area (Å²) in [5, 5.41) is 20.3. The average molecular weight is 296 g/mol. The zero-order chi connectivity index (χ0) is 13.5. The number of hydrogen-bond donors (Lipinski definition) is 2. The number of aliphatic carboxylic acids is 1. The van der Waals surface area contributed by atoms with Gasteiger partial charge in [-0.3, -0.25) is 9.78 Å². The van der Waals surface area contributed by atoms with E-state index >= 15 is 0 Å². The van der Waals surface area contributed by atoms with Crippen molar-refractivity contribution in [3.05, 3.63) is 30.1 Å². The molecule has 0 bridgehead atoms. The Kier molecular flexibility index (Phi) is 5.10. The van der Waals surface area contributed by atoms with E-state index in [1.807, 2.05) is 18.2 Å². The number of nitrogens with one attached hydrogen (secondary N) is 1. The molecule has 2 aromatic rings. The molecule has 2 heterocycles.